The van der Waals surface area contributed by atoms with E-state index in [1.54, 1.807) is 23.2 Å². The molecule has 2 atom stereocenters. The van der Waals surface area contributed by atoms with E-state index in [0.717, 1.165) is 41.7 Å². The number of rotatable bonds is 4. The number of carbonyl (C=O) groups is 1. The van der Waals surface area contributed by atoms with Crippen molar-refractivity contribution in [2.75, 3.05) is 0 Å². The van der Waals surface area contributed by atoms with E-state index in [4.69, 9.17) is 28.3 Å². The van der Waals surface area contributed by atoms with E-state index in [0.29, 0.717) is 20.9 Å². The Kier molecular flexibility index (Phi) is 6.60. The van der Waals surface area contributed by atoms with Gasteiger partial charge in [-0.25, -0.2) is 9.99 Å². The van der Waals surface area contributed by atoms with Crippen molar-refractivity contribution in [1.82, 2.24) is 14.6 Å². The summed E-state index contributed by atoms with van der Waals surface area (Å²) in [5, 5.41) is 8.27. The highest BCUT2D eigenvalue weighted by atomic mass is 35.5. The number of hydrogen-bond donors (Lipinski definition) is 0. The van der Waals surface area contributed by atoms with Gasteiger partial charge < -0.3 is 0 Å². The number of hydrazone groups is 1. The fraction of sp³-hybridized carbons (Fsp3) is 0.200. The van der Waals surface area contributed by atoms with Crippen LogP contribution in [0.25, 0.3) is 17.0 Å². The Labute approximate surface area is 229 Å². The number of nitrogens with zero attached hydrogens (tertiary/aromatic N) is 4. The Morgan fingerprint density at radius 3 is 2.45 bits per heavy atom. The van der Waals surface area contributed by atoms with Gasteiger partial charge in [-0.05, 0) is 78.4 Å². The van der Waals surface area contributed by atoms with Crippen LogP contribution in [0.2, 0.25) is 10.0 Å². The average molecular weight is 543 g/mol. The van der Waals surface area contributed by atoms with E-state index < -0.39 is 0 Å². The number of halogens is 2. The molecule has 0 N–H and O–H groups in total. The molecule has 38 heavy (non-hydrogen) atoms. The van der Waals surface area contributed by atoms with Gasteiger partial charge >= 0.3 is 0 Å². The van der Waals surface area contributed by atoms with Crippen molar-refractivity contribution in [2.24, 2.45) is 11.0 Å². The molecule has 0 unspecified atom stereocenters. The summed E-state index contributed by atoms with van der Waals surface area (Å²) in [7, 11) is 0. The van der Waals surface area contributed by atoms with Crippen LogP contribution in [0.5, 0.6) is 0 Å². The highest BCUT2D eigenvalue weighted by molar-refractivity contribution is 6.30. The van der Waals surface area contributed by atoms with Crippen LogP contribution in [0.1, 0.15) is 36.4 Å². The van der Waals surface area contributed by atoms with E-state index in [1.165, 1.54) is 10.9 Å². The Morgan fingerprint density at radius 2 is 1.68 bits per heavy atom. The summed E-state index contributed by atoms with van der Waals surface area (Å²) < 4.78 is 1.36. The fourth-order valence-corrected chi connectivity index (χ4v) is 5.65. The van der Waals surface area contributed by atoms with Gasteiger partial charge in [-0.15, -0.1) is 0 Å². The van der Waals surface area contributed by atoms with Gasteiger partial charge in [0.15, 0.2) is 0 Å². The summed E-state index contributed by atoms with van der Waals surface area (Å²) in [5.41, 5.74) is 4.38. The highest BCUT2D eigenvalue weighted by Crippen LogP contribution is 2.44. The van der Waals surface area contributed by atoms with Crippen molar-refractivity contribution in [3.05, 3.63) is 116 Å². The van der Waals surface area contributed by atoms with Crippen molar-refractivity contribution >= 4 is 51.8 Å². The first kappa shape index (κ1) is 24.6. The number of carbonyl (C=O) groups excluding carboxylic acids is 1. The largest absolute Gasteiger partial charge is 0.289 e. The van der Waals surface area contributed by atoms with Crippen molar-refractivity contribution in [3.63, 3.8) is 0 Å². The van der Waals surface area contributed by atoms with E-state index in [-0.39, 0.29) is 30.0 Å². The lowest BCUT2D eigenvalue weighted by atomic mass is 9.77. The second-order valence-corrected chi connectivity index (χ2v) is 10.5. The zero-order valence-electron chi connectivity index (χ0n) is 20.4. The van der Waals surface area contributed by atoms with Crippen molar-refractivity contribution in [1.29, 1.82) is 0 Å². The van der Waals surface area contributed by atoms with E-state index in [2.05, 4.69) is 11.1 Å². The summed E-state index contributed by atoms with van der Waals surface area (Å²) in [6.45, 7) is -0.152. The van der Waals surface area contributed by atoms with Crippen LogP contribution in [0.4, 0.5) is 0 Å². The molecule has 0 spiro atoms. The van der Waals surface area contributed by atoms with Gasteiger partial charge in [-0.3, -0.25) is 14.2 Å². The minimum Gasteiger partial charge on any atom is -0.289 e. The third-order valence-corrected chi connectivity index (χ3v) is 7.72. The molecular formula is C30H24Cl2N4O2. The molecule has 6 rings (SSSR count). The minimum absolute atomic E-state index is 0.0406. The molecule has 0 radical (unpaired) electrons. The third-order valence-electron chi connectivity index (χ3n) is 7.22. The topological polar surface area (TPSA) is 67.6 Å². The van der Waals surface area contributed by atoms with Crippen LogP contribution in [-0.4, -0.2) is 26.2 Å². The smallest absolute Gasteiger partial charge is 0.263 e. The van der Waals surface area contributed by atoms with E-state index >= 15 is 0 Å². The summed E-state index contributed by atoms with van der Waals surface area (Å²) >= 11 is 12.3. The Morgan fingerprint density at radius 1 is 0.974 bits per heavy atom. The standard InChI is InChI=1S/C30H24Cl2N4O2/c31-22-12-8-19(9-13-22)16-21-4-3-6-25-28(21)34-36(29(25)20-10-14-23(32)15-11-20)27(37)17-35-18-33-26-7-2-1-5-24(26)30(35)38/h1-2,5,7-16,18,25,29H,3-4,6,17H2/b21-16-/t25-,29+/m0/s1. The zero-order valence-corrected chi connectivity index (χ0v) is 21.9. The van der Waals surface area contributed by atoms with Crippen LogP contribution in [0, 0.1) is 5.92 Å². The maximum absolute atomic E-state index is 13.8. The van der Waals surface area contributed by atoms with Gasteiger partial charge in [0.1, 0.15) is 6.54 Å². The maximum Gasteiger partial charge on any atom is 0.263 e. The predicted octanol–water partition coefficient (Wildman–Crippen LogP) is 6.53. The van der Waals surface area contributed by atoms with Crippen LogP contribution < -0.4 is 5.56 Å². The molecule has 1 saturated carbocycles. The van der Waals surface area contributed by atoms with Crippen LogP contribution in [-0.2, 0) is 11.3 Å². The fourth-order valence-electron chi connectivity index (χ4n) is 5.40. The molecular weight excluding hydrogens is 519 g/mol. The summed E-state index contributed by atoms with van der Waals surface area (Å²) in [6.07, 6.45) is 6.34. The zero-order chi connectivity index (χ0) is 26.2. The molecule has 1 fully saturated rings. The lowest BCUT2D eigenvalue weighted by Gasteiger charge is -2.29. The monoisotopic (exact) mass is 542 g/mol. The molecule has 6 nitrogen and oxygen atoms in total. The molecule has 0 saturated heterocycles. The van der Waals surface area contributed by atoms with Crippen molar-refractivity contribution in [3.8, 4) is 0 Å². The van der Waals surface area contributed by atoms with Gasteiger partial charge in [0.05, 0.1) is 29.0 Å². The van der Waals surface area contributed by atoms with Crippen LogP contribution in [0.15, 0.2) is 94.6 Å². The highest BCUT2D eigenvalue weighted by Gasteiger charge is 2.43. The molecule has 4 aromatic rings. The second-order valence-electron chi connectivity index (χ2n) is 9.63. The van der Waals surface area contributed by atoms with Crippen molar-refractivity contribution < 1.29 is 4.79 Å². The van der Waals surface area contributed by atoms with Gasteiger partial charge in [0.25, 0.3) is 11.5 Å². The predicted molar refractivity (Wildman–Crippen MR) is 151 cm³/mol. The first-order valence-electron chi connectivity index (χ1n) is 12.5. The molecule has 190 valence electrons. The van der Waals surface area contributed by atoms with Gasteiger partial charge in [-0.2, -0.15) is 5.10 Å². The molecule has 3 aromatic carbocycles. The molecule has 1 aromatic heterocycles. The van der Waals surface area contributed by atoms with Gasteiger partial charge in [0.2, 0.25) is 0 Å². The number of allylic oxidation sites excluding steroid dienone is 1. The quantitative estimate of drug-likeness (QED) is 0.294. The molecule has 2 aliphatic rings. The number of amides is 1. The number of aromatic nitrogens is 2. The van der Waals surface area contributed by atoms with Gasteiger partial charge in [0, 0.05) is 16.0 Å². The lowest BCUT2D eigenvalue weighted by Crippen LogP contribution is -2.36. The molecule has 1 amide bonds. The van der Waals surface area contributed by atoms with E-state index in [9.17, 15) is 9.59 Å². The van der Waals surface area contributed by atoms with Crippen LogP contribution >= 0.6 is 23.2 Å². The second kappa shape index (κ2) is 10.2. The average Bonchev–Trinajstić information content (AvgIpc) is 3.33. The maximum atomic E-state index is 13.8. The normalized spacial score (nSPS) is 20.0. The SMILES string of the molecule is O=C(Cn1cnc2ccccc2c1=O)N1N=C2/C(=C\c3ccc(Cl)cc3)CCC[C@@H]2[C@H]1c1ccc(Cl)cc1. The third kappa shape index (κ3) is 4.66. The molecule has 8 heteroatoms. The first-order valence-corrected chi connectivity index (χ1v) is 13.3. The number of para-hydroxylation sites is 1. The van der Waals surface area contributed by atoms with Crippen molar-refractivity contribution in [2.45, 2.75) is 31.8 Å². The Bertz CT molecular complexity index is 1640. The lowest BCUT2D eigenvalue weighted by molar-refractivity contribution is -0.134. The number of benzene rings is 3. The molecule has 1 aliphatic carbocycles. The molecule has 2 heterocycles. The van der Waals surface area contributed by atoms with Gasteiger partial charge in [-0.1, -0.05) is 59.6 Å². The summed E-state index contributed by atoms with van der Waals surface area (Å²) in [4.78, 5) is 31.2. The molecule has 0 bridgehead atoms. The Balaban J connectivity index is 1.38. The molecule has 1 aliphatic heterocycles. The van der Waals surface area contributed by atoms with E-state index in [1.807, 2.05) is 54.6 Å². The summed E-state index contributed by atoms with van der Waals surface area (Å²) in [5.74, 6) is -0.226. The summed E-state index contributed by atoms with van der Waals surface area (Å²) in [6, 6.07) is 22.1. The number of fused-ring (bicyclic) bond motifs is 2. The number of hydrogen-bond acceptors (Lipinski definition) is 4. The minimum atomic E-state index is -0.284. The van der Waals surface area contributed by atoms with Crippen LogP contribution in [0.3, 0.4) is 0 Å². The first-order chi connectivity index (χ1) is 18.5. The Hall–Kier alpha value is -3.74.